The van der Waals surface area contributed by atoms with Crippen LogP contribution in [0.15, 0.2) is 29.5 Å². The number of halogens is 1. The van der Waals surface area contributed by atoms with E-state index in [1.165, 1.54) is 4.57 Å². The number of nitrogens with zero attached hydrogens (tertiary/aromatic N) is 3. The Hall–Kier alpha value is -2.32. The number of hydrogen-bond acceptors (Lipinski definition) is 5. The van der Waals surface area contributed by atoms with Gasteiger partial charge >= 0.3 is 0 Å². The zero-order chi connectivity index (χ0) is 17.1. The number of carbonyl (C=O) groups is 1. The number of rotatable bonds is 4. The third kappa shape index (κ3) is 3.60. The van der Waals surface area contributed by atoms with Crippen molar-refractivity contribution in [1.82, 2.24) is 19.4 Å². The number of anilines is 1. The molecule has 2 N–H and O–H groups in total. The average molecular weight is 352 g/mol. The summed E-state index contributed by atoms with van der Waals surface area (Å²) in [6.07, 6.45) is 4.49. The second kappa shape index (κ2) is 7.06. The number of hydrogen-bond donors (Lipinski definition) is 2. The smallest absolute Gasteiger partial charge is 0.293 e. The van der Waals surface area contributed by atoms with Gasteiger partial charge in [-0.05, 0) is 6.07 Å². The molecule has 1 atom stereocenters. The van der Waals surface area contributed by atoms with Gasteiger partial charge in [-0.2, -0.15) is 0 Å². The van der Waals surface area contributed by atoms with Crippen LogP contribution in [0.2, 0.25) is 5.02 Å². The Balaban J connectivity index is 1.60. The van der Waals surface area contributed by atoms with E-state index < -0.39 is 0 Å². The van der Waals surface area contributed by atoms with Crippen molar-refractivity contribution in [1.29, 1.82) is 0 Å². The maximum Gasteiger partial charge on any atom is 0.293 e. The van der Waals surface area contributed by atoms with Crippen LogP contribution in [0, 0.1) is 0 Å². The topological polar surface area (TPSA) is 92.2 Å². The highest BCUT2D eigenvalue weighted by molar-refractivity contribution is 6.30. The zero-order valence-corrected chi connectivity index (χ0v) is 13.9. The molecular weight excluding hydrogens is 334 g/mol. The van der Waals surface area contributed by atoms with Gasteiger partial charge in [0.05, 0.1) is 17.7 Å². The van der Waals surface area contributed by atoms with Crippen molar-refractivity contribution in [2.75, 3.05) is 31.6 Å². The van der Waals surface area contributed by atoms with E-state index in [9.17, 15) is 9.59 Å². The van der Waals surface area contributed by atoms with E-state index in [0.29, 0.717) is 37.0 Å². The van der Waals surface area contributed by atoms with Gasteiger partial charge in [-0.3, -0.25) is 9.59 Å². The van der Waals surface area contributed by atoms with Gasteiger partial charge in [0.15, 0.2) is 5.82 Å². The summed E-state index contributed by atoms with van der Waals surface area (Å²) in [6.45, 7) is 1.77. The highest BCUT2D eigenvalue weighted by Crippen LogP contribution is 2.14. The molecule has 1 aliphatic rings. The molecule has 0 spiro atoms. The largest absolute Gasteiger partial charge is 0.373 e. The van der Waals surface area contributed by atoms with Gasteiger partial charge in [0.1, 0.15) is 5.69 Å². The molecule has 0 saturated carbocycles. The van der Waals surface area contributed by atoms with E-state index in [1.54, 1.807) is 36.6 Å². The Bertz CT molecular complexity index is 787. The Morgan fingerprint density at radius 3 is 3.17 bits per heavy atom. The SMILES string of the molecule is Cn1ccnc(NCC2CN(C(=O)c3cc(Cl)c[nH]3)CCO2)c1=O. The van der Waals surface area contributed by atoms with Gasteiger partial charge in [0, 0.05) is 45.3 Å². The molecule has 3 heterocycles. The number of aryl methyl sites for hydroxylation is 1. The molecule has 3 rings (SSSR count). The normalized spacial score (nSPS) is 17.8. The highest BCUT2D eigenvalue weighted by atomic mass is 35.5. The molecule has 2 aromatic heterocycles. The number of amides is 1. The zero-order valence-electron chi connectivity index (χ0n) is 13.2. The van der Waals surface area contributed by atoms with Crippen LogP contribution in [-0.4, -0.2) is 57.7 Å². The van der Waals surface area contributed by atoms with Crippen LogP contribution in [0.3, 0.4) is 0 Å². The molecule has 2 aromatic rings. The molecule has 0 bridgehead atoms. The van der Waals surface area contributed by atoms with E-state index in [4.69, 9.17) is 16.3 Å². The third-order valence-electron chi connectivity index (χ3n) is 3.82. The summed E-state index contributed by atoms with van der Waals surface area (Å²) in [5, 5.41) is 3.49. The Kier molecular flexibility index (Phi) is 4.86. The second-order valence-corrected chi connectivity index (χ2v) is 5.98. The van der Waals surface area contributed by atoms with Crippen molar-refractivity contribution in [3.8, 4) is 0 Å². The number of ether oxygens (including phenoxy) is 1. The van der Waals surface area contributed by atoms with Crippen LogP contribution >= 0.6 is 11.6 Å². The molecule has 9 heteroatoms. The molecule has 1 fully saturated rings. The van der Waals surface area contributed by atoms with E-state index in [-0.39, 0.29) is 23.4 Å². The lowest BCUT2D eigenvalue weighted by molar-refractivity contribution is -0.0151. The van der Waals surface area contributed by atoms with Crippen molar-refractivity contribution >= 4 is 23.3 Å². The Labute approximate surface area is 143 Å². The van der Waals surface area contributed by atoms with Crippen LogP contribution in [0.5, 0.6) is 0 Å². The lowest BCUT2D eigenvalue weighted by Gasteiger charge is -2.32. The minimum absolute atomic E-state index is 0.121. The standard InChI is InChI=1S/C15H18ClN5O3/c1-20-3-2-17-13(15(20)23)19-8-11-9-21(4-5-24-11)14(22)12-6-10(16)7-18-12/h2-3,6-7,11,18H,4-5,8-9H2,1H3,(H,17,19). The average Bonchev–Trinajstić information content (AvgIpc) is 3.02. The van der Waals surface area contributed by atoms with Gasteiger partial charge in [-0.1, -0.05) is 11.6 Å². The Morgan fingerprint density at radius 1 is 1.58 bits per heavy atom. The van der Waals surface area contributed by atoms with Gasteiger partial charge in [-0.25, -0.2) is 4.98 Å². The number of aromatic amines is 1. The minimum Gasteiger partial charge on any atom is -0.373 e. The van der Waals surface area contributed by atoms with E-state index in [2.05, 4.69) is 15.3 Å². The molecule has 0 aromatic carbocycles. The van der Waals surface area contributed by atoms with E-state index in [1.807, 2.05) is 0 Å². The number of aromatic nitrogens is 3. The second-order valence-electron chi connectivity index (χ2n) is 5.55. The summed E-state index contributed by atoms with van der Waals surface area (Å²) in [5.41, 5.74) is 0.245. The van der Waals surface area contributed by atoms with Crippen molar-refractivity contribution in [3.05, 3.63) is 45.7 Å². The lowest BCUT2D eigenvalue weighted by Crippen LogP contribution is -2.48. The fourth-order valence-corrected chi connectivity index (χ4v) is 2.68. The molecule has 0 radical (unpaired) electrons. The molecule has 1 unspecified atom stereocenters. The van der Waals surface area contributed by atoms with Crippen LogP contribution in [0.25, 0.3) is 0 Å². The van der Waals surface area contributed by atoms with Gasteiger partial charge in [0.25, 0.3) is 11.5 Å². The van der Waals surface area contributed by atoms with Crippen LogP contribution < -0.4 is 10.9 Å². The molecule has 1 saturated heterocycles. The first-order valence-electron chi connectivity index (χ1n) is 7.55. The summed E-state index contributed by atoms with van der Waals surface area (Å²) >= 11 is 5.84. The number of morpholine rings is 1. The molecule has 1 amide bonds. The van der Waals surface area contributed by atoms with Gasteiger partial charge < -0.3 is 24.5 Å². The first-order valence-corrected chi connectivity index (χ1v) is 7.92. The highest BCUT2D eigenvalue weighted by Gasteiger charge is 2.26. The maximum absolute atomic E-state index is 12.4. The third-order valence-corrected chi connectivity index (χ3v) is 4.04. The quantitative estimate of drug-likeness (QED) is 0.846. The molecule has 1 aliphatic heterocycles. The molecule has 128 valence electrons. The summed E-state index contributed by atoms with van der Waals surface area (Å²) in [5.74, 6) is 0.146. The van der Waals surface area contributed by atoms with Gasteiger partial charge in [0.2, 0.25) is 0 Å². The number of H-pyrrole nitrogens is 1. The number of nitrogens with one attached hydrogen (secondary N) is 2. The van der Waals surface area contributed by atoms with E-state index in [0.717, 1.165) is 0 Å². The van der Waals surface area contributed by atoms with E-state index >= 15 is 0 Å². The summed E-state index contributed by atoms with van der Waals surface area (Å²) in [6, 6.07) is 1.60. The molecular formula is C15H18ClN5O3. The monoisotopic (exact) mass is 351 g/mol. The fourth-order valence-electron chi connectivity index (χ4n) is 2.52. The minimum atomic E-state index is -0.222. The molecule has 0 aliphatic carbocycles. The predicted molar refractivity (Wildman–Crippen MR) is 89.4 cm³/mol. The summed E-state index contributed by atoms with van der Waals surface area (Å²) in [7, 11) is 1.66. The van der Waals surface area contributed by atoms with Crippen molar-refractivity contribution < 1.29 is 9.53 Å². The summed E-state index contributed by atoms with van der Waals surface area (Å²) < 4.78 is 7.11. The lowest BCUT2D eigenvalue weighted by atomic mass is 10.2. The van der Waals surface area contributed by atoms with Crippen molar-refractivity contribution in [2.24, 2.45) is 7.05 Å². The predicted octanol–water partition coefficient (Wildman–Crippen LogP) is 0.715. The van der Waals surface area contributed by atoms with Crippen LogP contribution in [0.1, 0.15) is 10.5 Å². The fraction of sp³-hybridized carbons (Fsp3) is 0.400. The summed E-state index contributed by atoms with van der Waals surface area (Å²) in [4.78, 5) is 32.9. The van der Waals surface area contributed by atoms with Crippen LogP contribution in [-0.2, 0) is 11.8 Å². The van der Waals surface area contributed by atoms with Crippen molar-refractivity contribution in [2.45, 2.75) is 6.10 Å². The molecule has 8 nitrogen and oxygen atoms in total. The maximum atomic E-state index is 12.4. The van der Waals surface area contributed by atoms with Crippen LogP contribution in [0.4, 0.5) is 5.82 Å². The first-order chi connectivity index (χ1) is 11.5. The van der Waals surface area contributed by atoms with Gasteiger partial charge in [-0.15, -0.1) is 0 Å². The molecule has 24 heavy (non-hydrogen) atoms. The number of carbonyl (C=O) groups excluding carboxylic acids is 1. The Morgan fingerprint density at radius 2 is 2.42 bits per heavy atom. The van der Waals surface area contributed by atoms with Crippen molar-refractivity contribution in [3.63, 3.8) is 0 Å². The first kappa shape index (κ1) is 16.5.